The van der Waals surface area contributed by atoms with Gasteiger partial charge >= 0.3 is 0 Å². The number of imidazole rings is 1. The van der Waals surface area contributed by atoms with Crippen molar-refractivity contribution in [2.24, 2.45) is 4.99 Å². The van der Waals surface area contributed by atoms with Gasteiger partial charge in [-0.15, -0.1) is 0 Å². The maximum absolute atomic E-state index is 8.39. The molecule has 5 heteroatoms. The molecule has 178 valence electrons. The largest absolute Gasteiger partial charge is 0.395 e. The van der Waals surface area contributed by atoms with E-state index < -0.39 is 0 Å². The summed E-state index contributed by atoms with van der Waals surface area (Å²) in [5.41, 5.74) is 0. The predicted octanol–water partition coefficient (Wildman–Crippen LogP) is 6.29. The third-order valence-electron chi connectivity index (χ3n) is 5.59. The van der Waals surface area contributed by atoms with Crippen molar-refractivity contribution in [1.82, 2.24) is 14.9 Å². The molecule has 0 saturated carbocycles. The summed E-state index contributed by atoms with van der Waals surface area (Å²) in [6.07, 6.45) is 30.5. The Kier molecular flexibility index (Phi) is 19.1. The van der Waals surface area contributed by atoms with Gasteiger partial charge in [0.15, 0.2) is 0 Å². The molecule has 1 aromatic heterocycles. The van der Waals surface area contributed by atoms with E-state index in [1.807, 2.05) is 10.8 Å². The zero-order chi connectivity index (χ0) is 22.2. The number of aliphatic hydroxyl groups is 1. The van der Waals surface area contributed by atoms with Gasteiger partial charge in [0, 0.05) is 31.9 Å². The highest BCUT2D eigenvalue weighted by Gasteiger charge is 2.03. The van der Waals surface area contributed by atoms with E-state index in [1.54, 1.807) is 12.5 Å². The molecule has 0 bridgehead atoms. The van der Waals surface area contributed by atoms with Crippen LogP contribution in [0, 0.1) is 0 Å². The Morgan fingerprint density at radius 3 is 2.13 bits per heavy atom. The van der Waals surface area contributed by atoms with E-state index in [0.29, 0.717) is 6.54 Å². The fourth-order valence-corrected chi connectivity index (χ4v) is 3.69. The fraction of sp³-hybridized carbons (Fsp3) is 0.769. The lowest BCUT2D eigenvalue weighted by atomic mass is 10.1. The average Bonchev–Trinajstić information content (AvgIpc) is 3.49. The van der Waals surface area contributed by atoms with E-state index in [4.69, 9.17) is 5.11 Å². The number of aliphatic hydroxyl groups excluding tert-OH is 1. The molecule has 0 atom stereocenters. The van der Waals surface area contributed by atoms with Crippen molar-refractivity contribution >= 4 is 5.84 Å². The van der Waals surface area contributed by atoms with E-state index >= 15 is 0 Å². The Morgan fingerprint density at radius 1 is 0.935 bits per heavy atom. The molecule has 2 rings (SSSR count). The van der Waals surface area contributed by atoms with E-state index in [9.17, 15) is 0 Å². The molecule has 2 heterocycles. The maximum atomic E-state index is 8.39. The van der Waals surface area contributed by atoms with Gasteiger partial charge in [-0.3, -0.25) is 4.99 Å². The van der Waals surface area contributed by atoms with Crippen LogP contribution in [0.2, 0.25) is 0 Å². The van der Waals surface area contributed by atoms with Crippen molar-refractivity contribution in [1.29, 1.82) is 0 Å². The summed E-state index contributed by atoms with van der Waals surface area (Å²) in [6, 6.07) is 0. The lowest BCUT2D eigenvalue weighted by molar-refractivity contribution is 0.276. The van der Waals surface area contributed by atoms with Gasteiger partial charge in [-0.05, 0) is 32.1 Å². The van der Waals surface area contributed by atoms with Crippen LogP contribution in [0.4, 0.5) is 0 Å². The van der Waals surface area contributed by atoms with Crippen molar-refractivity contribution in [3.63, 3.8) is 0 Å². The minimum absolute atomic E-state index is 0.177. The lowest BCUT2D eigenvalue weighted by Gasteiger charge is -2.02. The Labute approximate surface area is 191 Å². The molecule has 1 aromatic rings. The van der Waals surface area contributed by atoms with E-state index in [2.05, 4.69) is 34.4 Å². The number of nitrogens with one attached hydrogen (secondary N) is 1. The van der Waals surface area contributed by atoms with Crippen LogP contribution < -0.4 is 5.32 Å². The number of unbranched alkanes of at least 4 members (excludes halogenated alkanes) is 12. The summed E-state index contributed by atoms with van der Waals surface area (Å²) in [5, 5.41) is 11.7. The molecule has 2 N–H and O–H groups in total. The van der Waals surface area contributed by atoms with E-state index in [0.717, 1.165) is 13.1 Å². The molecule has 1 aliphatic heterocycles. The first-order valence-corrected chi connectivity index (χ1v) is 12.9. The molecule has 0 radical (unpaired) electrons. The zero-order valence-electron chi connectivity index (χ0n) is 20.1. The van der Waals surface area contributed by atoms with Crippen LogP contribution in [-0.2, 0) is 6.54 Å². The molecule has 0 aliphatic carbocycles. The first-order valence-electron chi connectivity index (χ1n) is 12.9. The van der Waals surface area contributed by atoms with Gasteiger partial charge in [-0.1, -0.05) is 76.9 Å². The third-order valence-corrected chi connectivity index (χ3v) is 5.59. The number of hydrogen-bond donors (Lipinski definition) is 2. The second-order valence-electron chi connectivity index (χ2n) is 8.47. The molecule has 0 spiro atoms. The van der Waals surface area contributed by atoms with Gasteiger partial charge in [0.2, 0.25) is 0 Å². The topological polar surface area (TPSA) is 62.4 Å². The Balaban J connectivity index is 0.000000500. The van der Waals surface area contributed by atoms with Crippen LogP contribution in [0.5, 0.6) is 0 Å². The van der Waals surface area contributed by atoms with Crippen molar-refractivity contribution in [3.05, 3.63) is 30.9 Å². The van der Waals surface area contributed by atoms with Gasteiger partial charge in [0.25, 0.3) is 0 Å². The maximum Gasteiger partial charge on any atom is 0.0964 e. The molecule has 0 fully saturated rings. The smallest absolute Gasteiger partial charge is 0.0964 e. The van der Waals surface area contributed by atoms with Gasteiger partial charge in [-0.25, -0.2) is 4.98 Å². The van der Waals surface area contributed by atoms with Crippen LogP contribution in [0.15, 0.2) is 35.9 Å². The molecule has 5 nitrogen and oxygen atoms in total. The monoisotopic (exact) mass is 432 g/mol. The highest BCUT2D eigenvalue weighted by atomic mass is 16.3. The van der Waals surface area contributed by atoms with Crippen molar-refractivity contribution in [2.45, 2.75) is 110 Å². The minimum atomic E-state index is 0.177. The Morgan fingerprint density at radius 2 is 1.58 bits per heavy atom. The standard InChI is InChI=1S/C21H40N2.C5H8N2O/c1-2-3-4-5-6-7-8-9-10-11-12-13-14-15-16-17-18-21-22-19-20-23-21;8-4-3-7-2-1-6-5-7/h9-10H,2-8,11-20H2,1H3,(H,22,23);1-2,5,8H,3-4H2/b10-9-;. The average molecular weight is 433 g/mol. The number of rotatable bonds is 18. The van der Waals surface area contributed by atoms with Crippen molar-refractivity contribution < 1.29 is 5.11 Å². The summed E-state index contributed by atoms with van der Waals surface area (Å²) in [6.45, 7) is 5.14. The van der Waals surface area contributed by atoms with Crippen LogP contribution in [0.1, 0.15) is 103 Å². The first kappa shape index (κ1) is 27.4. The Bertz CT molecular complexity index is 540. The number of aliphatic imine (C=N–C) groups is 1. The molecule has 31 heavy (non-hydrogen) atoms. The number of hydrogen-bond acceptors (Lipinski definition) is 4. The molecular weight excluding hydrogens is 384 g/mol. The minimum Gasteiger partial charge on any atom is -0.395 e. The SMILES string of the molecule is CCCCCCCC/C=C\CCCCCCCCC1=NCCN1.OCCn1ccnc1. The van der Waals surface area contributed by atoms with Gasteiger partial charge in [0.1, 0.15) is 0 Å². The Hall–Kier alpha value is -1.62. The van der Waals surface area contributed by atoms with E-state index in [1.165, 1.54) is 102 Å². The number of amidine groups is 1. The van der Waals surface area contributed by atoms with Crippen molar-refractivity contribution in [2.75, 3.05) is 19.7 Å². The van der Waals surface area contributed by atoms with Gasteiger partial charge in [-0.2, -0.15) is 0 Å². The predicted molar refractivity (Wildman–Crippen MR) is 134 cm³/mol. The molecule has 0 amide bonds. The molecular formula is C26H48N4O. The van der Waals surface area contributed by atoms with Crippen molar-refractivity contribution in [3.8, 4) is 0 Å². The number of aromatic nitrogens is 2. The molecule has 1 aliphatic rings. The number of nitrogens with zero attached hydrogens (tertiary/aromatic N) is 3. The second-order valence-corrected chi connectivity index (χ2v) is 8.47. The summed E-state index contributed by atoms with van der Waals surface area (Å²) in [7, 11) is 0. The molecule has 0 unspecified atom stereocenters. The van der Waals surface area contributed by atoms with E-state index in [-0.39, 0.29) is 6.61 Å². The zero-order valence-corrected chi connectivity index (χ0v) is 20.1. The fourth-order valence-electron chi connectivity index (χ4n) is 3.69. The van der Waals surface area contributed by atoms with Crippen LogP contribution in [0.25, 0.3) is 0 Å². The molecule has 0 aromatic carbocycles. The highest BCUT2D eigenvalue weighted by Crippen LogP contribution is 2.11. The second kappa shape index (κ2) is 21.6. The third kappa shape index (κ3) is 17.7. The van der Waals surface area contributed by atoms with Crippen LogP contribution >= 0.6 is 0 Å². The summed E-state index contributed by atoms with van der Waals surface area (Å²) in [5.74, 6) is 1.25. The highest BCUT2D eigenvalue weighted by molar-refractivity contribution is 5.83. The van der Waals surface area contributed by atoms with Gasteiger partial charge < -0.3 is 15.0 Å². The normalized spacial score (nSPS) is 13.2. The quantitative estimate of drug-likeness (QED) is 0.212. The van der Waals surface area contributed by atoms with Gasteiger partial charge in [0.05, 0.1) is 25.3 Å². The van der Waals surface area contributed by atoms with Crippen LogP contribution in [0.3, 0.4) is 0 Å². The molecule has 0 saturated heterocycles. The van der Waals surface area contributed by atoms with Crippen LogP contribution in [-0.4, -0.2) is 40.2 Å². The lowest BCUT2D eigenvalue weighted by Crippen LogP contribution is -2.17. The number of allylic oxidation sites excluding steroid dienone is 2. The summed E-state index contributed by atoms with van der Waals surface area (Å²) in [4.78, 5) is 8.23. The summed E-state index contributed by atoms with van der Waals surface area (Å²) >= 11 is 0. The first-order chi connectivity index (χ1) is 15.4. The summed E-state index contributed by atoms with van der Waals surface area (Å²) < 4.78 is 1.82.